The Labute approximate surface area is 121 Å². The van der Waals surface area contributed by atoms with Crippen LogP contribution >= 0.6 is 11.6 Å². The summed E-state index contributed by atoms with van der Waals surface area (Å²) in [5.74, 6) is -0.305. The van der Waals surface area contributed by atoms with E-state index in [0.717, 1.165) is 5.56 Å². The molecule has 0 spiro atoms. The average Bonchev–Trinajstić information content (AvgIpc) is 2.74. The highest BCUT2D eigenvalue weighted by molar-refractivity contribution is 6.36. The summed E-state index contributed by atoms with van der Waals surface area (Å²) in [6.07, 6.45) is 0. The first-order valence-electron chi connectivity index (χ1n) is 6.28. The van der Waals surface area contributed by atoms with E-state index in [4.69, 9.17) is 11.6 Å². The van der Waals surface area contributed by atoms with Crippen molar-refractivity contribution >= 4 is 29.0 Å². The van der Waals surface area contributed by atoms with Gasteiger partial charge in [0.15, 0.2) is 5.78 Å². The molecule has 100 valence electrons. The van der Waals surface area contributed by atoms with Crippen molar-refractivity contribution in [1.82, 2.24) is 0 Å². The first-order valence-corrected chi connectivity index (χ1v) is 6.66. The van der Waals surface area contributed by atoms with Crippen LogP contribution in [-0.2, 0) is 4.79 Å². The zero-order valence-electron chi connectivity index (χ0n) is 10.8. The third kappa shape index (κ3) is 1.82. The van der Waals surface area contributed by atoms with Gasteiger partial charge in [0.2, 0.25) is 5.91 Å². The third-order valence-electron chi connectivity index (χ3n) is 3.46. The molecule has 0 aromatic heterocycles. The molecule has 2 aromatic carbocycles. The van der Waals surface area contributed by atoms with Gasteiger partial charge in [-0.3, -0.25) is 14.5 Å². The third-order valence-corrected chi connectivity index (χ3v) is 3.77. The fourth-order valence-corrected chi connectivity index (χ4v) is 2.90. The van der Waals surface area contributed by atoms with E-state index in [1.54, 1.807) is 18.2 Å². The van der Waals surface area contributed by atoms with Crippen molar-refractivity contribution in [2.45, 2.75) is 13.0 Å². The standard InChI is InChI=1S/C16H12ClNO2/c1-10(19)18-13-9-5-8-12(17)14(13)16(20)15(18)11-6-3-2-4-7-11/h2-9,15H,1H3. The maximum atomic E-state index is 12.7. The fourth-order valence-electron chi connectivity index (χ4n) is 2.64. The lowest BCUT2D eigenvalue weighted by molar-refractivity contribution is -0.116. The summed E-state index contributed by atoms with van der Waals surface area (Å²) >= 11 is 6.13. The van der Waals surface area contributed by atoms with Crippen LogP contribution < -0.4 is 4.90 Å². The SMILES string of the molecule is CC(=O)N1c2cccc(Cl)c2C(=O)C1c1ccccc1. The van der Waals surface area contributed by atoms with Gasteiger partial charge in [0.1, 0.15) is 6.04 Å². The number of amides is 1. The highest BCUT2D eigenvalue weighted by Crippen LogP contribution is 2.43. The van der Waals surface area contributed by atoms with Crippen molar-refractivity contribution in [3.05, 3.63) is 64.7 Å². The minimum atomic E-state index is -0.622. The van der Waals surface area contributed by atoms with E-state index in [9.17, 15) is 9.59 Å². The number of hydrogen-bond donors (Lipinski definition) is 0. The van der Waals surface area contributed by atoms with E-state index in [2.05, 4.69) is 0 Å². The molecule has 3 rings (SSSR count). The van der Waals surface area contributed by atoms with Crippen LogP contribution in [0.25, 0.3) is 0 Å². The number of benzene rings is 2. The molecule has 1 amide bonds. The number of fused-ring (bicyclic) bond motifs is 1. The molecular formula is C16H12ClNO2. The topological polar surface area (TPSA) is 37.4 Å². The Balaban J connectivity index is 2.21. The van der Waals surface area contributed by atoms with Gasteiger partial charge < -0.3 is 0 Å². The predicted octanol–water partition coefficient (Wildman–Crippen LogP) is 3.63. The number of carbonyl (C=O) groups excluding carboxylic acids is 2. The summed E-state index contributed by atoms with van der Waals surface area (Å²) < 4.78 is 0. The first-order chi connectivity index (χ1) is 9.61. The second-order valence-electron chi connectivity index (χ2n) is 4.70. The fraction of sp³-hybridized carbons (Fsp3) is 0.125. The van der Waals surface area contributed by atoms with E-state index in [-0.39, 0.29) is 11.7 Å². The van der Waals surface area contributed by atoms with E-state index in [1.165, 1.54) is 11.8 Å². The molecule has 1 heterocycles. The normalized spacial score (nSPS) is 17.2. The second kappa shape index (κ2) is 4.76. The molecule has 0 saturated carbocycles. The van der Waals surface area contributed by atoms with Crippen LogP contribution in [0.3, 0.4) is 0 Å². The molecule has 20 heavy (non-hydrogen) atoms. The van der Waals surface area contributed by atoms with E-state index in [0.29, 0.717) is 16.3 Å². The second-order valence-corrected chi connectivity index (χ2v) is 5.11. The maximum absolute atomic E-state index is 12.7. The van der Waals surface area contributed by atoms with E-state index in [1.807, 2.05) is 30.3 Å². The number of ketones is 1. The minimum absolute atomic E-state index is 0.132. The van der Waals surface area contributed by atoms with Crippen molar-refractivity contribution in [2.75, 3.05) is 4.90 Å². The molecule has 0 fully saturated rings. The summed E-state index contributed by atoms with van der Waals surface area (Å²) in [4.78, 5) is 26.1. The van der Waals surface area contributed by atoms with Crippen molar-refractivity contribution in [3.63, 3.8) is 0 Å². The molecule has 1 aliphatic heterocycles. The van der Waals surface area contributed by atoms with Crippen LogP contribution in [0.15, 0.2) is 48.5 Å². The lowest BCUT2D eigenvalue weighted by atomic mass is 10.0. The molecule has 1 aliphatic rings. The van der Waals surface area contributed by atoms with Crippen molar-refractivity contribution in [2.24, 2.45) is 0 Å². The number of nitrogens with zero attached hydrogens (tertiary/aromatic N) is 1. The van der Waals surface area contributed by atoms with Gasteiger partial charge in [-0.25, -0.2) is 0 Å². The Morgan fingerprint density at radius 3 is 2.45 bits per heavy atom. The number of hydrogen-bond acceptors (Lipinski definition) is 2. The number of rotatable bonds is 1. The smallest absolute Gasteiger partial charge is 0.224 e. The Kier molecular flexibility index (Phi) is 3.07. The Hall–Kier alpha value is -2.13. The predicted molar refractivity (Wildman–Crippen MR) is 78.1 cm³/mol. The maximum Gasteiger partial charge on any atom is 0.224 e. The quantitative estimate of drug-likeness (QED) is 0.802. The number of halogens is 1. The van der Waals surface area contributed by atoms with Crippen LogP contribution in [0.5, 0.6) is 0 Å². The molecule has 1 unspecified atom stereocenters. The molecule has 3 nitrogen and oxygen atoms in total. The summed E-state index contributed by atoms with van der Waals surface area (Å²) in [6.45, 7) is 1.46. The zero-order valence-corrected chi connectivity index (χ0v) is 11.6. The molecule has 0 bridgehead atoms. The van der Waals surface area contributed by atoms with Gasteiger partial charge in [0.05, 0.1) is 16.3 Å². The number of anilines is 1. The largest absolute Gasteiger partial charge is 0.297 e. The van der Waals surface area contributed by atoms with Crippen molar-refractivity contribution < 1.29 is 9.59 Å². The van der Waals surface area contributed by atoms with Gasteiger partial charge in [0.25, 0.3) is 0 Å². The average molecular weight is 286 g/mol. The molecule has 0 aliphatic carbocycles. The van der Waals surface area contributed by atoms with Crippen molar-refractivity contribution in [1.29, 1.82) is 0 Å². The van der Waals surface area contributed by atoms with Crippen molar-refractivity contribution in [3.8, 4) is 0 Å². The lowest BCUT2D eigenvalue weighted by Gasteiger charge is -2.23. The Bertz CT molecular complexity index is 697. The molecular weight excluding hydrogens is 274 g/mol. The molecule has 1 atom stereocenters. The molecule has 0 saturated heterocycles. The molecule has 0 N–H and O–H groups in total. The summed E-state index contributed by atoms with van der Waals surface area (Å²) in [7, 11) is 0. The van der Waals surface area contributed by atoms with Crippen LogP contribution in [0.4, 0.5) is 5.69 Å². The molecule has 4 heteroatoms. The van der Waals surface area contributed by atoms with Gasteiger partial charge in [-0.15, -0.1) is 0 Å². The lowest BCUT2D eigenvalue weighted by Crippen LogP contribution is -2.31. The number of carbonyl (C=O) groups is 2. The van der Waals surface area contributed by atoms with Gasteiger partial charge in [-0.2, -0.15) is 0 Å². The summed E-state index contributed by atoms with van der Waals surface area (Å²) in [6, 6.07) is 13.8. The van der Waals surface area contributed by atoms with Gasteiger partial charge in [-0.1, -0.05) is 48.0 Å². The van der Waals surface area contributed by atoms with Gasteiger partial charge >= 0.3 is 0 Å². The van der Waals surface area contributed by atoms with Crippen LogP contribution in [0.1, 0.15) is 28.9 Å². The van der Waals surface area contributed by atoms with Crippen LogP contribution in [-0.4, -0.2) is 11.7 Å². The Morgan fingerprint density at radius 1 is 1.10 bits per heavy atom. The number of Topliss-reactive ketones (excluding diaryl/α,β-unsaturated/α-hetero) is 1. The molecule has 2 aromatic rings. The summed E-state index contributed by atoms with van der Waals surface area (Å²) in [5, 5.41) is 0.386. The van der Waals surface area contributed by atoms with Gasteiger partial charge in [0, 0.05) is 6.92 Å². The highest BCUT2D eigenvalue weighted by Gasteiger charge is 2.41. The summed E-state index contributed by atoms with van der Waals surface area (Å²) in [5.41, 5.74) is 1.81. The van der Waals surface area contributed by atoms with Crippen LogP contribution in [0, 0.1) is 0 Å². The highest BCUT2D eigenvalue weighted by atomic mass is 35.5. The molecule has 0 radical (unpaired) electrons. The first kappa shape index (κ1) is 12.9. The monoisotopic (exact) mass is 285 g/mol. The minimum Gasteiger partial charge on any atom is -0.297 e. The zero-order chi connectivity index (χ0) is 14.3. The van der Waals surface area contributed by atoms with Crippen LogP contribution in [0.2, 0.25) is 5.02 Å². The Morgan fingerprint density at radius 2 is 1.80 bits per heavy atom. The van der Waals surface area contributed by atoms with E-state index >= 15 is 0 Å². The van der Waals surface area contributed by atoms with E-state index < -0.39 is 6.04 Å². The van der Waals surface area contributed by atoms with Gasteiger partial charge in [-0.05, 0) is 17.7 Å².